The zero-order valence-corrected chi connectivity index (χ0v) is 10.6. The van der Waals surface area contributed by atoms with Crippen LogP contribution in [0, 0.1) is 12.3 Å². The maximum absolute atomic E-state index is 5.32. The Balaban J connectivity index is 2.31. The van der Waals surface area contributed by atoms with Gasteiger partial charge in [0, 0.05) is 11.8 Å². The highest BCUT2D eigenvalue weighted by atomic mass is 32.1. The number of aromatic nitrogens is 2. The van der Waals surface area contributed by atoms with Gasteiger partial charge in [-0.1, -0.05) is 12.0 Å². The summed E-state index contributed by atoms with van der Waals surface area (Å²) in [6.45, 7) is 1.47. The molecule has 0 aromatic carbocycles. The fourth-order valence-electron chi connectivity index (χ4n) is 1.70. The molecule has 0 spiro atoms. The van der Waals surface area contributed by atoms with Crippen LogP contribution in [-0.2, 0) is 13.0 Å². The minimum Gasteiger partial charge on any atom is -0.319 e. The third-order valence-electron chi connectivity index (χ3n) is 2.49. The lowest BCUT2D eigenvalue weighted by Crippen LogP contribution is -2.10. The van der Waals surface area contributed by atoms with E-state index in [9.17, 15) is 0 Å². The first-order chi connectivity index (χ1) is 8.35. The molecule has 2 heterocycles. The minimum absolute atomic E-state index is 0.526. The van der Waals surface area contributed by atoms with Crippen molar-refractivity contribution >= 4 is 11.3 Å². The number of likely N-dealkylation sites (N-methyl/N-ethyl adjacent to an activating group) is 1. The second kappa shape index (κ2) is 5.67. The summed E-state index contributed by atoms with van der Waals surface area (Å²) in [5, 5.41) is 9.77. The molecule has 0 saturated carbocycles. The SMILES string of the molecule is C#CCn1cc(CCNC)c(-c2cccs2)n1. The van der Waals surface area contributed by atoms with Gasteiger partial charge in [-0.25, -0.2) is 0 Å². The molecule has 88 valence electrons. The molecule has 3 nitrogen and oxygen atoms in total. The lowest BCUT2D eigenvalue weighted by Gasteiger charge is -1.98. The first-order valence-electron chi connectivity index (χ1n) is 5.53. The van der Waals surface area contributed by atoms with Crippen molar-refractivity contribution in [2.75, 3.05) is 13.6 Å². The average molecular weight is 245 g/mol. The lowest BCUT2D eigenvalue weighted by atomic mass is 10.1. The molecule has 2 aromatic rings. The normalized spacial score (nSPS) is 10.4. The minimum atomic E-state index is 0.526. The number of thiophene rings is 1. The molecule has 0 aliphatic heterocycles. The number of hydrogen-bond acceptors (Lipinski definition) is 3. The molecule has 2 aromatic heterocycles. The van der Waals surface area contributed by atoms with Gasteiger partial charge in [0.05, 0.1) is 4.88 Å². The molecule has 4 heteroatoms. The van der Waals surface area contributed by atoms with Crippen molar-refractivity contribution < 1.29 is 0 Å². The van der Waals surface area contributed by atoms with Gasteiger partial charge in [-0.3, -0.25) is 4.68 Å². The van der Waals surface area contributed by atoms with Gasteiger partial charge in [-0.15, -0.1) is 17.8 Å². The van der Waals surface area contributed by atoms with Crippen LogP contribution in [0.1, 0.15) is 5.56 Å². The maximum Gasteiger partial charge on any atom is 0.106 e. The van der Waals surface area contributed by atoms with Crippen molar-refractivity contribution in [2.24, 2.45) is 0 Å². The quantitative estimate of drug-likeness (QED) is 0.817. The van der Waals surface area contributed by atoms with Crippen molar-refractivity contribution in [1.29, 1.82) is 0 Å². The standard InChI is InChI=1S/C13H15N3S/c1-3-8-16-10-11(6-7-14-2)13(15-16)12-5-4-9-17-12/h1,4-5,9-10,14H,6-8H2,2H3. The smallest absolute Gasteiger partial charge is 0.106 e. The van der Waals surface area contributed by atoms with Gasteiger partial charge in [-0.2, -0.15) is 5.10 Å². The van der Waals surface area contributed by atoms with Crippen molar-refractivity contribution in [3.05, 3.63) is 29.3 Å². The summed E-state index contributed by atoms with van der Waals surface area (Å²) < 4.78 is 1.83. The Morgan fingerprint density at radius 2 is 2.47 bits per heavy atom. The molecule has 2 rings (SSSR count). The largest absolute Gasteiger partial charge is 0.319 e. The van der Waals surface area contributed by atoms with Gasteiger partial charge in [0.15, 0.2) is 0 Å². The third-order valence-corrected chi connectivity index (χ3v) is 3.37. The van der Waals surface area contributed by atoms with E-state index in [-0.39, 0.29) is 0 Å². The summed E-state index contributed by atoms with van der Waals surface area (Å²) in [5.74, 6) is 2.61. The van der Waals surface area contributed by atoms with Crippen LogP contribution < -0.4 is 5.32 Å². The Kier molecular flexibility index (Phi) is 3.97. The van der Waals surface area contributed by atoms with Crippen LogP contribution in [0.5, 0.6) is 0 Å². The molecule has 1 N–H and O–H groups in total. The number of terminal acetylenes is 1. The number of nitrogens with zero attached hydrogens (tertiary/aromatic N) is 2. The maximum atomic E-state index is 5.32. The van der Waals surface area contributed by atoms with Crippen LogP contribution in [0.25, 0.3) is 10.6 Å². The van der Waals surface area contributed by atoms with Crippen LogP contribution in [0.4, 0.5) is 0 Å². The molecule has 0 radical (unpaired) electrons. The van der Waals surface area contributed by atoms with E-state index >= 15 is 0 Å². The van der Waals surface area contributed by atoms with Gasteiger partial charge >= 0.3 is 0 Å². The van der Waals surface area contributed by atoms with Crippen molar-refractivity contribution in [3.8, 4) is 22.9 Å². The number of nitrogens with one attached hydrogen (secondary N) is 1. The summed E-state index contributed by atoms with van der Waals surface area (Å²) >= 11 is 1.71. The van der Waals surface area contributed by atoms with E-state index in [2.05, 4.69) is 27.8 Å². The molecule has 0 unspecified atom stereocenters. The molecule has 17 heavy (non-hydrogen) atoms. The summed E-state index contributed by atoms with van der Waals surface area (Å²) in [6.07, 6.45) is 8.33. The Morgan fingerprint density at radius 3 is 3.12 bits per heavy atom. The van der Waals surface area contributed by atoms with Gasteiger partial charge in [0.2, 0.25) is 0 Å². The summed E-state index contributed by atoms with van der Waals surface area (Å²) in [5.41, 5.74) is 2.31. The van der Waals surface area contributed by atoms with E-state index < -0.39 is 0 Å². The molecule has 0 amide bonds. The predicted molar refractivity (Wildman–Crippen MR) is 72.0 cm³/mol. The van der Waals surface area contributed by atoms with Crippen LogP contribution in [-0.4, -0.2) is 23.4 Å². The Hall–Kier alpha value is -1.57. The molecule has 0 aliphatic carbocycles. The first-order valence-corrected chi connectivity index (χ1v) is 6.41. The molecule has 0 aliphatic rings. The van der Waals surface area contributed by atoms with E-state index in [0.29, 0.717) is 6.54 Å². The van der Waals surface area contributed by atoms with Crippen LogP contribution in [0.2, 0.25) is 0 Å². The Bertz CT molecular complexity index is 505. The van der Waals surface area contributed by atoms with Crippen LogP contribution in [0.15, 0.2) is 23.7 Å². The topological polar surface area (TPSA) is 29.9 Å². The highest BCUT2D eigenvalue weighted by Gasteiger charge is 2.11. The zero-order valence-electron chi connectivity index (χ0n) is 9.81. The molecular weight excluding hydrogens is 230 g/mol. The lowest BCUT2D eigenvalue weighted by molar-refractivity contribution is 0.716. The van der Waals surface area contributed by atoms with E-state index in [1.54, 1.807) is 11.3 Å². The summed E-state index contributed by atoms with van der Waals surface area (Å²) in [6, 6.07) is 4.14. The molecular formula is C13H15N3S. The summed E-state index contributed by atoms with van der Waals surface area (Å²) in [7, 11) is 1.96. The van der Waals surface area contributed by atoms with Crippen molar-refractivity contribution in [1.82, 2.24) is 15.1 Å². The van der Waals surface area contributed by atoms with Gasteiger partial charge in [0.25, 0.3) is 0 Å². The first kappa shape index (κ1) is 11.9. The number of hydrogen-bond donors (Lipinski definition) is 1. The fourth-order valence-corrected chi connectivity index (χ4v) is 2.44. The monoisotopic (exact) mass is 245 g/mol. The van der Waals surface area contributed by atoms with E-state index in [0.717, 1.165) is 18.7 Å². The second-order valence-corrected chi connectivity index (χ2v) is 4.68. The second-order valence-electron chi connectivity index (χ2n) is 3.74. The van der Waals surface area contributed by atoms with Gasteiger partial charge in [-0.05, 0) is 31.5 Å². The van der Waals surface area contributed by atoms with Crippen molar-refractivity contribution in [3.63, 3.8) is 0 Å². The van der Waals surface area contributed by atoms with E-state index in [1.165, 1.54) is 10.4 Å². The van der Waals surface area contributed by atoms with E-state index in [4.69, 9.17) is 6.42 Å². The fraction of sp³-hybridized carbons (Fsp3) is 0.308. The predicted octanol–water partition coefficient (Wildman–Crippen LogP) is 2.01. The third kappa shape index (κ3) is 2.76. The highest BCUT2D eigenvalue weighted by Crippen LogP contribution is 2.26. The number of rotatable bonds is 5. The molecule has 0 atom stereocenters. The van der Waals surface area contributed by atoms with E-state index in [1.807, 2.05) is 24.0 Å². The van der Waals surface area contributed by atoms with Gasteiger partial charge < -0.3 is 5.32 Å². The average Bonchev–Trinajstić information content (AvgIpc) is 2.95. The van der Waals surface area contributed by atoms with Crippen molar-refractivity contribution in [2.45, 2.75) is 13.0 Å². The molecule has 0 fully saturated rings. The zero-order chi connectivity index (χ0) is 12.1. The van der Waals surface area contributed by atoms with Crippen LogP contribution in [0.3, 0.4) is 0 Å². The Morgan fingerprint density at radius 1 is 1.59 bits per heavy atom. The summed E-state index contributed by atoms with van der Waals surface area (Å²) in [4.78, 5) is 1.20. The highest BCUT2D eigenvalue weighted by molar-refractivity contribution is 7.13. The van der Waals surface area contributed by atoms with Crippen LogP contribution >= 0.6 is 11.3 Å². The van der Waals surface area contributed by atoms with Gasteiger partial charge in [0.1, 0.15) is 12.2 Å². The Labute approximate surface area is 105 Å². The molecule has 0 bridgehead atoms. The molecule has 0 saturated heterocycles.